The molecule has 0 aromatic rings. The van der Waals surface area contributed by atoms with Gasteiger partial charge in [0.25, 0.3) is 0 Å². The van der Waals surface area contributed by atoms with Crippen LogP contribution in [0.3, 0.4) is 0 Å². The molecule has 1 rings (SSSR count). The minimum absolute atomic E-state index is 0.00333. The molecule has 7 heteroatoms. The third-order valence-electron chi connectivity index (χ3n) is 6.67. The number of hydrogen-bond acceptors (Lipinski definition) is 4. The Hall–Kier alpha value is -2.41. The average molecular weight is 448 g/mol. The fraction of sp³-hybridized carbons (Fsp3) is 0.640. The van der Waals surface area contributed by atoms with E-state index >= 15 is 0 Å². The van der Waals surface area contributed by atoms with Gasteiger partial charge in [-0.2, -0.15) is 0 Å². The number of carbonyl (C=O) groups excluding carboxylic acids is 2. The van der Waals surface area contributed by atoms with Gasteiger partial charge in [-0.3, -0.25) is 9.59 Å². The van der Waals surface area contributed by atoms with Gasteiger partial charge in [0.05, 0.1) is 12.1 Å². The summed E-state index contributed by atoms with van der Waals surface area (Å²) in [4.78, 5) is 39.2. The summed E-state index contributed by atoms with van der Waals surface area (Å²) in [7, 11) is 3.42. The van der Waals surface area contributed by atoms with Crippen molar-refractivity contribution in [3.8, 4) is 0 Å². The number of carboxylic acid groups (broad SMARTS) is 1. The summed E-state index contributed by atoms with van der Waals surface area (Å²) >= 11 is 0. The molecule has 7 nitrogen and oxygen atoms in total. The third-order valence-corrected chi connectivity index (χ3v) is 6.67. The number of carboxylic acids is 1. The van der Waals surface area contributed by atoms with E-state index in [9.17, 15) is 19.5 Å². The Kier molecular flexibility index (Phi) is 10.4. The maximum absolute atomic E-state index is 13.2. The fourth-order valence-electron chi connectivity index (χ4n) is 4.14. The van der Waals surface area contributed by atoms with Gasteiger partial charge in [0, 0.05) is 12.6 Å². The molecule has 2 unspecified atom stereocenters. The van der Waals surface area contributed by atoms with E-state index in [0.29, 0.717) is 6.42 Å². The van der Waals surface area contributed by atoms with Gasteiger partial charge in [-0.15, -0.1) is 0 Å². The summed E-state index contributed by atoms with van der Waals surface area (Å²) in [6, 6.07) is -1.54. The van der Waals surface area contributed by atoms with E-state index < -0.39 is 18.1 Å². The first-order chi connectivity index (χ1) is 14.9. The van der Waals surface area contributed by atoms with Crippen molar-refractivity contribution in [1.82, 2.24) is 15.5 Å². The molecule has 0 heterocycles. The maximum atomic E-state index is 13.2. The van der Waals surface area contributed by atoms with E-state index in [2.05, 4.69) is 29.7 Å². The van der Waals surface area contributed by atoms with Gasteiger partial charge in [0.2, 0.25) is 11.8 Å². The second kappa shape index (κ2) is 12.0. The molecule has 0 radical (unpaired) electrons. The number of aliphatic carboxylic acids is 1. The highest BCUT2D eigenvalue weighted by atomic mass is 16.4. The fourth-order valence-corrected chi connectivity index (χ4v) is 4.14. The van der Waals surface area contributed by atoms with Crippen LogP contribution in [-0.2, 0) is 14.4 Å². The zero-order chi connectivity index (χ0) is 24.6. The van der Waals surface area contributed by atoms with Crippen LogP contribution in [0.2, 0.25) is 0 Å². The number of carbonyl (C=O) groups is 3. The Morgan fingerprint density at radius 2 is 1.84 bits per heavy atom. The molecule has 1 aliphatic carbocycles. The lowest BCUT2D eigenvalue weighted by molar-refractivity contribution is -0.138. The number of amides is 2. The van der Waals surface area contributed by atoms with Gasteiger partial charge in [0.15, 0.2) is 0 Å². The minimum atomic E-state index is -1.01. The molecular formula is C25H41N3O4. The van der Waals surface area contributed by atoms with Gasteiger partial charge < -0.3 is 20.6 Å². The summed E-state index contributed by atoms with van der Waals surface area (Å²) in [6.07, 6.45) is 11.1. The van der Waals surface area contributed by atoms with Crippen molar-refractivity contribution in [2.45, 2.75) is 72.5 Å². The second-order valence-electron chi connectivity index (χ2n) is 9.36. The Bertz CT molecular complexity index is 771. The molecule has 0 bridgehead atoms. The number of hydrogen-bond donors (Lipinski definition) is 3. The Morgan fingerprint density at radius 3 is 2.28 bits per heavy atom. The lowest BCUT2D eigenvalue weighted by Gasteiger charge is -2.38. The second-order valence-corrected chi connectivity index (χ2v) is 9.36. The Morgan fingerprint density at radius 1 is 1.22 bits per heavy atom. The van der Waals surface area contributed by atoms with E-state index in [1.54, 1.807) is 25.1 Å². The standard InChI is InChI=1S/C25H41N3O4/c1-9-19(23(30)28(8)20(16(2)3)15-17(4)24(31)32)27-22(29)21(26-7)18(5)25(6)13-11-10-12-14-25/h10-13,15-16,18-21,26H,9,14H2,1-8H3,(H,27,29)(H,31,32)/b17-15+/t18?,19-,20+,21-,25?/m0/s1. The van der Waals surface area contributed by atoms with Crippen LogP contribution < -0.4 is 10.6 Å². The van der Waals surface area contributed by atoms with Crippen molar-refractivity contribution in [2.24, 2.45) is 17.3 Å². The normalized spacial score (nSPS) is 22.2. The van der Waals surface area contributed by atoms with Crippen LogP contribution in [0.15, 0.2) is 36.0 Å². The van der Waals surface area contributed by atoms with E-state index in [4.69, 9.17) is 0 Å². The van der Waals surface area contributed by atoms with Crippen LogP contribution in [0, 0.1) is 17.3 Å². The summed E-state index contributed by atoms with van der Waals surface area (Å²) in [5.41, 5.74) is 0.0248. The van der Waals surface area contributed by atoms with Crippen molar-refractivity contribution in [2.75, 3.05) is 14.1 Å². The van der Waals surface area contributed by atoms with Crippen LogP contribution in [0.5, 0.6) is 0 Å². The molecule has 0 saturated heterocycles. The quantitative estimate of drug-likeness (QED) is 0.423. The van der Waals surface area contributed by atoms with Crippen LogP contribution in [0.4, 0.5) is 0 Å². The number of likely N-dealkylation sites (N-methyl/N-ethyl adjacent to an activating group) is 2. The van der Waals surface area contributed by atoms with Crippen molar-refractivity contribution in [1.29, 1.82) is 0 Å². The SMILES string of the molecule is CC[C@H](NC(=O)[C@@H](NC)C(C)C1(C)C=CC=CC1)C(=O)N(C)[C@H](/C=C(\C)C(=O)O)C(C)C. The predicted molar refractivity (Wildman–Crippen MR) is 128 cm³/mol. The largest absolute Gasteiger partial charge is 0.478 e. The number of nitrogens with one attached hydrogen (secondary N) is 2. The van der Waals surface area contributed by atoms with Gasteiger partial charge in [0.1, 0.15) is 6.04 Å². The molecule has 3 N–H and O–H groups in total. The molecule has 0 saturated carbocycles. The Labute approximate surface area is 193 Å². The Balaban J connectivity index is 3.01. The molecule has 1 aliphatic rings. The predicted octanol–water partition coefficient (Wildman–Crippen LogP) is 3.14. The molecule has 32 heavy (non-hydrogen) atoms. The summed E-state index contributed by atoms with van der Waals surface area (Å²) in [5, 5.41) is 15.3. The first kappa shape index (κ1) is 27.6. The lowest BCUT2D eigenvalue weighted by Crippen LogP contribution is -2.57. The molecule has 0 aromatic carbocycles. The van der Waals surface area contributed by atoms with Gasteiger partial charge >= 0.3 is 5.97 Å². The highest BCUT2D eigenvalue weighted by molar-refractivity contribution is 5.90. The molecule has 180 valence electrons. The van der Waals surface area contributed by atoms with Crippen LogP contribution >= 0.6 is 0 Å². The van der Waals surface area contributed by atoms with E-state index in [1.165, 1.54) is 6.92 Å². The van der Waals surface area contributed by atoms with Crippen LogP contribution in [0.25, 0.3) is 0 Å². The summed E-state index contributed by atoms with van der Waals surface area (Å²) < 4.78 is 0. The smallest absolute Gasteiger partial charge is 0.331 e. The number of allylic oxidation sites excluding steroid dienone is 4. The number of rotatable bonds is 11. The van der Waals surface area contributed by atoms with E-state index in [-0.39, 0.29) is 40.7 Å². The molecule has 5 atom stereocenters. The summed E-state index contributed by atoms with van der Waals surface area (Å²) in [6.45, 7) is 11.4. The van der Waals surface area contributed by atoms with Crippen LogP contribution in [-0.4, -0.2) is 60.0 Å². The molecule has 0 spiro atoms. The summed E-state index contributed by atoms with van der Waals surface area (Å²) in [5.74, 6) is -1.44. The third kappa shape index (κ3) is 6.79. The molecular weight excluding hydrogens is 406 g/mol. The zero-order valence-corrected chi connectivity index (χ0v) is 20.8. The topological polar surface area (TPSA) is 98.7 Å². The van der Waals surface area contributed by atoms with Crippen molar-refractivity contribution < 1.29 is 19.5 Å². The highest BCUT2D eigenvalue weighted by Crippen LogP contribution is 2.37. The van der Waals surface area contributed by atoms with Crippen molar-refractivity contribution in [3.63, 3.8) is 0 Å². The monoisotopic (exact) mass is 447 g/mol. The highest BCUT2D eigenvalue weighted by Gasteiger charge is 2.38. The van der Waals surface area contributed by atoms with E-state index in [0.717, 1.165) is 6.42 Å². The molecule has 0 aromatic heterocycles. The van der Waals surface area contributed by atoms with Crippen molar-refractivity contribution in [3.05, 3.63) is 36.0 Å². The zero-order valence-electron chi connectivity index (χ0n) is 20.8. The molecule has 2 amide bonds. The first-order valence-electron chi connectivity index (χ1n) is 11.4. The lowest BCUT2D eigenvalue weighted by atomic mass is 9.70. The minimum Gasteiger partial charge on any atom is -0.478 e. The number of nitrogens with zero attached hydrogens (tertiary/aromatic N) is 1. The van der Waals surface area contributed by atoms with Gasteiger partial charge in [-0.05, 0) is 44.1 Å². The van der Waals surface area contributed by atoms with Crippen molar-refractivity contribution >= 4 is 17.8 Å². The van der Waals surface area contributed by atoms with Crippen LogP contribution in [0.1, 0.15) is 54.4 Å². The molecule has 0 fully saturated rings. The van der Waals surface area contributed by atoms with E-state index in [1.807, 2.05) is 39.8 Å². The van der Waals surface area contributed by atoms with Gasteiger partial charge in [-0.1, -0.05) is 65.0 Å². The molecule has 0 aliphatic heterocycles. The van der Waals surface area contributed by atoms with Gasteiger partial charge in [-0.25, -0.2) is 4.79 Å². The first-order valence-corrected chi connectivity index (χ1v) is 11.4. The average Bonchev–Trinajstić information content (AvgIpc) is 2.75. The maximum Gasteiger partial charge on any atom is 0.331 e.